The van der Waals surface area contributed by atoms with E-state index in [1.165, 1.54) is 0 Å². The number of hydrogen-bond acceptors (Lipinski definition) is 5. The summed E-state index contributed by atoms with van der Waals surface area (Å²) < 4.78 is 39.1. The molecule has 7 nitrogen and oxygen atoms in total. The average Bonchev–Trinajstić information content (AvgIpc) is 2.89. The van der Waals surface area contributed by atoms with Crippen LogP contribution in [0.2, 0.25) is 0 Å². The highest BCUT2D eigenvalue weighted by Gasteiger charge is 2.36. The van der Waals surface area contributed by atoms with Crippen LogP contribution in [0, 0.1) is 13.8 Å². The first kappa shape index (κ1) is 17.1. The number of halogens is 3. The minimum atomic E-state index is -4.64. The van der Waals surface area contributed by atoms with Crippen LogP contribution in [0.25, 0.3) is 5.78 Å². The van der Waals surface area contributed by atoms with Crippen molar-refractivity contribution in [1.29, 1.82) is 0 Å². The number of alkyl halides is 3. The van der Waals surface area contributed by atoms with Crippen molar-refractivity contribution in [2.24, 2.45) is 0 Å². The van der Waals surface area contributed by atoms with E-state index in [0.29, 0.717) is 23.4 Å². The molecule has 0 saturated carbocycles. The van der Waals surface area contributed by atoms with Crippen molar-refractivity contribution in [3.05, 3.63) is 22.8 Å². The highest BCUT2D eigenvalue weighted by Crippen LogP contribution is 2.27. The molecule has 126 valence electrons. The van der Waals surface area contributed by atoms with Crippen LogP contribution in [0.4, 0.5) is 13.2 Å². The van der Waals surface area contributed by atoms with E-state index in [9.17, 15) is 18.0 Å². The molecule has 0 atom stereocenters. The number of hydrogen-bond donors (Lipinski definition) is 2. The van der Waals surface area contributed by atoms with Crippen molar-refractivity contribution >= 4 is 11.7 Å². The summed E-state index contributed by atoms with van der Waals surface area (Å²) >= 11 is 0. The number of aromatic nitrogens is 4. The predicted molar refractivity (Wildman–Crippen MR) is 73.7 cm³/mol. The summed E-state index contributed by atoms with van der Waals surface area (Å²) in [6, 6.07) is 0. The van der Waals surface area contributed by atoms with Gasteiger partial charge in [0.05, 0.1) is 6.61 Å². The van der Waals surface area contributed by atoms with E-state index >= 15 is 0 Å². The Morgan fingerprint density at radius 1 is 1.30 bits per heavy atom. The number of aryl methyl sites for hydroxylation is 2. The van der Waals surface area contributed by atoms with Crippen molar-refractivity contribution in [2.45, 2.75) is 32.9 Å². The van der Waals surface area contributed by atoms with Crippen LogP contribution in [-0.2, 0) is 17.4 Å². The van der Waals surface area contributed by atoms with Gasteiger partial charge in [-0.2, -0.15) is 18.2 Å². The van der Waals surface area contributed by atoms with Gasteiger partial charge in [-0.25, -0.2) is 9.50 Å². The normalized spacial score (nSPS) is 11.9. The standard InChI is InChI=1S/C13H16F3N5O2/c1-7-9(3-4-10(23)17-5-6-22)8(2)21-12(18-7)19-11(20-21)13(14,15)16/h22H,3-6H2,1-2H3,(H,17,23). The Labute approximate surface area is 129 Å². The second kappa shape index (κ2) is 6.49. The SMILES string of the molecule is Cc1nc2nc(C(F)(F)F)nn2c(C)c1CCC(=O)NCCO. The van der Waals surface area contributed by atoms with Gasteiger partial charge in [0, 0.05) is 24.4 Å². The van der Waals surface area contributed by atoms with Crippen LogP contribution in [0.1, 0.15) is 29.2 Å². The van der Waals surface area contributed by atoms with Crippen molar-refractivity contribution < 1.29 is 23.1 Å². The molecule has 1 amide bonds. The molecule has 2 aromatic rings. The fraction of sp³-hybridized carbons (Fsp3) is 0.538. The second-order valence-corrected chi connectivity index (χ2v) is 4.98. The van der Waals surface area contributed by atoms with Gasteiger partial charge in [0.15, 0.2) is 0 Å². The third-order valence-electron chi connectivity index (χ3n) is 3.34. The van der Waals surface area contributed by atoms with E-state index in [-0.39, 0.29) is 31.3 Å². The largest absolute Gasteiger partial charge is 0.453 e. The van der Waals surface area contributed by atoms with Crippen LogP contribution in [-0.4, -0.2) is 43.7 Å². The molecule has 0 aliphatic carbocycles. The van der Waals surface area contributed by atoms with Gasteiger partial charge in [-0.05, 0) is 25.8 Å². The molecule has 2 rings (SSSR count). The summed E-state index contributed by atoms with van der Waals surface area (Å²) in [7, 11) is 0. The van der Waals surface area contributed by atoms with E-state index < -0.39 is 12.0 Å². The van der Waals surface area contributed by atoms with E-state index in [1.54, 1.807) is 13.8 Å². The maximum Gasteiger partial charge on any atom is 0.453 e. The fourth-order valence-electron chi connectivity index (χ4n) is 2.21. The zero-order valence-electron chi connectivity index (χ0n) is 12.6. The van der Waals surface area contributed by atoms with E-state index in [1.807, 2.05) is 0 Å². The Morgan fingerprint density at radius 3 is 2.61 bits per heavy atom. The smallest absolute Gasteiger partial charge is 0.395 e. The highest BCUT2D eigenvalue weighted by molar-refractivity contribution is 5.76. The lowest BCUT2D eigenvalue weighted by atomic mass is 10.1. The molecule has 2 aromatic heterocycles. The Bertz CT molecular complexity index is 726. The first-order chi connectivity index (χ1) is 10.7. The number of rotatable bonds is 5. The van der Waals surface area contributed by atoms with Crippen molar-refractivity contribution in [3.8, 4) is 0 Å². The predicted octanol–water partition coefficient (Wildman–Crippen LogP) is 0.801. The number of nitrogens with one attached hydrogen (secondary N) is 1. The number of carbonyl (C=O) groups is 1. The molecule has 23 heavy (non-hydrogen) atoms. The summed E-state index contributed by atoms with van der Waals surface area (Å²) in [6.45, 7) is 3.26. The van der Waals surface area contributed by atoms with Crippen LogP contribution in [0.5, 0.6) is 0 Å². The van der Waals surface area contributed by atoms with Gasteiger partial charge in [0.2, 0.25) is 5.91 Å². The topological polar surface area (TPSA) is 92.4 Å². The second-order valence-electron chi connectivity index (χ2n) is 4.98. The number of amides is 1. The van der Waals surface area contributed by atoms with Crippen LogP contribution >= 0.6 is 0 Å². The lowest BCUT2D eigenvalue weighted by Gasteiger charge is -2.10. The van der Waals surface area contributed by atoms with Gasteiger partial charge in [-0.1, -0.05) is 0 Å². The molecule has 0 radical (unpaired) electrons. The van der Waals surface area contributed by atoms with Crippen molar-refractivity contribution in [3.63, 3.8) is 0 Å². The van der Waals surface area contributed by atoms with Gasteiger partial charge in [-0.3, -0.25) is 4.79 Å². The Kier molecular flexibility index (Phi) is 4.83. The molecular formula is C13H16F3N5O2. The molecule has 2 heterocycles. The molecule has 0 unspecified atom stereocenters. The van der Waals surface area contributed by atoms with Gasteiger partial charge in [0.1, 0.15) is 0 Å². The first-order valence-corrected chi connectivity index (χ1v) is 6.91. The monoisotopic (exact) mass is 331 g/mol. The summed E-state index contributed by atoms with van der Waals surface area (Å²) in [4.78, 5) is 19.0. The molecule has 0 spiro atoms. The quantitative estimate of drug-likeness (QED) is 0.845. The third-order valence-corrected chi connectivity index (χ3v) is 3.34. The van der Waals surface area contributed by atoms with Gasteiger partial charge >= 0.3 is 6.18 Å². The highest BCUT2D eigenvalue weighted by atomic mass is 19.4. The number of aliphatic hydroxyl groups is 1. The third kappa shape index (κ3) is 3.76. The number of carbonyl (C=O) groups excluding carboxylic acids is 1. The molecule has 2 N–H and O–H groups in total. The minimum Gasteiger partial charge on any atom is -0.395 e. The van der Waals surface area contributed by atoms with E-state index in [2.05, 4.69) is 20.4 Å². The van der Waals surface area contributed by atoms with Crippen molar-refractivity contribution in [1.82, 2.24) is 24.9 Å². The summed E-state index contributed by atoms with van der Waals surface area (Å²) in [6.07, 6.45) is -4.20. The summed E-state index contributed by atoms with van der Waals surface area (Å²) in [5.41, 5.74) is 1.62. The number of nitrogens with zero attached hydrogens (tertiary/aromatic N) is 4. The molecule has 0 aliphatic rings. The molecule has 0 fully saturated rings. The molecule has 0 aliphatic heterocycles. The number of fused-ring (bicyclic) bond motifs is 1. The molecular weight excluding hydrogens is 315 g/mol. The van der Waals surface area contributed by atoms with Gasteiger partial charge < -0.3 is 10.4 Å². The zero-order valence-corrected chi connectivity index (χ0v) is 12.6. The zero-order chi connectivity index (χ0) is 17.2. The summed E-state index contributed by atoms with van der Waals surface area (Å²) in [5.74, 6) is -1.63. The molecule has 0 saturated heterocycles. The molecule has 0 bridgehead atoms. The maximum atomic E-state index is 12.7. The van der Waals surface area contributed by atoms with Crippen LogP contribution < -0.4 is 5.32 Å². The Morgan fingerprint density at radius 2 is 2.00 bits per heavy atom. The first-order valence-electron chi connectivity index (χ1n) is 6.91. The van der Waals surface area contributed by atoms with Crippen LogP contribution in [0.15, 0.2) is 0 Å². The van der Waals surface area contributed by atoms with Crippen molar-refractivity contribution in [2.75, 3.05) is 13.2 Å². The minimum absolute atomic E-state index is 0.124. The molecule has 0 aromatic carbocycles. The fourth-order valence-corrected chi connectivity index (χ4v) is 2.21. The Hall–Kier alpha value is -2.23. The summed E-state index contributed by atoms with van der Waals surface area (Å²) in [5, 5.41) is 14.6. The average molecular weight is 331 g/mol. The van der Waals surface area contributed by atoms with E-state index in [4.69, 9.17) is 5.11 Å². The number of aliphatic hydroxyl groups excluding tert-OH is 1. The lowest BCUT2D eigenvalue weighted by molar-refractivity contribution is -0.144. The van der Waals surface area contributed by atoms with Crippen LogP contribution in [0.3, 0.4) is 0 Å². The Balaban J connectivity index is 2.28. The molecule has 10 heteroatoms. The van der Waals surface area contributed by atoms with E-state index in [0.717, 1.165) is 4.52 Å². The van der Waals surface area contributed by atoms with Gasteiger partial charge in [0.25, 0.3) is 11.6 Å². The van der Waals surface area contributed by atoms with Gasteiger partial charge in [-0.15, -0.1) is 5.10 Å². The lowest BCUT2D eigenvalue weighted by Crippen LogP contribution is -2.26. The maximum absolute atomic E-state index is 12.7.